The van der Waals surface area contributed by atoms with Crippen molar-refractivity contribution in [3.8, 4) is 5.69 Å². The molecule has 0 spiro atoms. The van der Waals surface area contributed by atoms with E-state index in [1.807, 2.05) is 6.92 Å². The second-order valence-corrected chi connectivity index (χ2v) is 10.8. The Morgan fingerprint density at radius 3 is 2.90 bits per heavy atom. The molecule has 1 aliphatic heterocycles. The fourth-order valence-electron chi connectivity index (χ4n) is 3.64. The van der Waals surface area contributed by atoms with Crippen LogP contribution >= 0.6 is 23.4 Å². The highest BCUT2D eigenvalue weighted by molar-refractivity contribution is 7.99. The van der Waals surface area contributed by atoms with Crippen molar-refractivity contribution >= 4 is 50.1 Å². The van der Waals surface area contributed by atoms with Crippen molar-refractivity contribution < 1.29 is 13.2 Å². The molecule has 1 unspecified atom stereocenters. The van der Waals surface area contributed by atoms with Crippen LogP contribution in [0.1, 0.15) is 13.3 Å². The summed E-state index contributed by atoms with van der Waals surface area (Å²) in [6.45, 7) is 2.24. The van der Waals surface area contributed by atoms with Gasteiger partial charge in [-0.05, 0) is 31.5 Å². The molecule has 1 amide bonds. The van der Waals surface area contributed by atoms with Crippen LogP contribution in [0, 0.1) is 0 Å². The summed E-state index contributed by atoms with van der Waals surface area (Å²) in [7, 11) is -3.09. The smallest absolute Gasteiger partial charge is 0.262 e. The minimum atomic E-state index is -3.09. The van der Waals surface area contributed by atoms with E-state index in [4.69, 9.17) is 11.6 Å². The number of nitrogens with zero attached hydrogens (tertiary/aromatic N) is 4. The standard InChI is InChI=1S/C19H20ClN5O4S2/c1-2-24(14-6-7-31(28,29)11-14)16(26)10-30-19-22-17-15(18(27)23-19)9-21-25(17)13-5-3-4-12(20)8-13/h3-5,8-9,14H,2,6-7,10-11H2,1H3,(H,22,23,27). The number of fused-ring (bicyclic) bond motifs is 1. The number of amides is 1. The summed E-state index contributed by atoms with van der Waals surface area (Å²) in [5.74, 6) is -0.0600. The van der Waals surface area contributed by atoms with E-state index < -0.39 is 9.84 Å². The normalized spacial score (nSPS) is 17.8. The summed E-state index contributed by atoms with van der Waals surface area (Å²) in [5, 5.41) is 5.38. The Hall–Kier alpha value is -2.37. The van der Waals surface area contributed by atoms with Gasteiger partial charge in [0.05, 0.1) is 29.1 Å². The lowest BCUT2D eigenvalue weighted by Gasteiger charge is -2.26. The third kappa shape index (κ3) is 4.63. The molecule has 1 saturated heterocycles. The fraction of sp³-hybridized carbons (Fsp3) is 0.368. The molecule has 0 bridgehead atoms. The van der Waals surface area contributed by atoms with E-state index in [0.29, 0.717) is 34.7 Å². The first-order valence-corrected chi connectivity index (χ1v) is 12.8. The summed E-state index contributed by atoms with van der Waals surface area (Å²) in [4.78, 5) is 33.9. The molecule has 9 nitrogen and oxygen atoms in total. The average Bonchev–Trinajstić information content (AvgIpc) is 3.30. The zero-order valence-electron chi connectivity index (χ0n) is 16.6. The van der Waals surface area contributed by atoms with Crippen LogP contribution in [0.3, 0.4) is 0 Å². The van der Waals surface area contributed by atoms with Gasteiger partial charge in [-0.3, -0.25) is 9.59 Å². The van der Waals surface area contributed by atoms with Crippen molar-refractivity contribution in [1.82, 2.24) is 24.6 Å². The number of aromatic nitrogens is 4. The highest BCUT2D eigenvalue weighted by Gasteiger charge is 2.33. The third-order valence-corrected chi connectivity index (χ3v) is 7.96. The molecule has 12 heteroatoms. The van der Waals surface area contributed by atoms with Gasteiger partial charge in [0, 0.05) is 17.6 Å². The van der Waals surface area contributed by atoms with E-state index in [9.17, 15) is 18.0 Å². The molecule has 1 aliphatic rings. The topological polar surface area (TPSA) is 118 Å². The Morgan fingerprint density at radius 2 is 2.23 bits per heavy atom. The molecular formula is C19H20ClN5O4S2. The van der Waals surface area contributed by atoms with Crippen molar-refractivity contribution in [2.24, 2.45) is 0 Å². The Kier molecular flexibility index (Phi) is 6.09. The van der Waals surface area contributed by atoms with Crippen LogP contribution in [0.25, 0.3) is 16.7 Å². The maximum absolute atomic E-state index is 12.7. The SMILES string of the molecule is CCN(C(=O)CSc1nc2c(cnn2-c2cccc(Cl)c2)c(=O)[nH]1)C1CCS(=O)(=O)C1. The summed E-state index contributed by atoms with van der Waals surface area (Å²) >= 11 is 7.16. The van der Waals surface area contributed by atoms with Crippen LogP contribution in [-0.4, -0.2) is 68.8 Å². The maximum Gasteiger partial charge on any atom is 0.262 e. The number of hydrogen-bond acceptors (Lipinski definition) is 7. The Morgan fingerprint density at radius 1 is 1.42 bits per heavy atom. The third-order valence-electron chi connectivity index (χ3n) is 5.11. The largest absolute Gasteiger partial charge is 0.338 e. The second-order valence-electron chi connectivity index (χ2n) is 7.17. The van der Waals surface area contributed by atoms with E-state index in [0.717, 1.165) is 11.8 Å². The van der Waals surface area contributed by atoms with Gasteiger partial charge in [0.15, 0.2) is 20.6 Å². The molecular weight excluding hydrogens is 462 g/mol. The first kappa shape index (κ1) is 21.8. The molecule has 3 aromatic rings. The number of carbonyl (C=O) groups is 1. The van der Waals surface area contributed by atoms with E-state index in [-0.39, 0.29) is 39.9 Å². The van der Waals surface area contributed by atoms with Crippen LogP contribution in [0.4, 0.5) is 0 Å². The van der Waals surface area contributed by atoms with Gasteiger partial charge in [0.2, 0.25) is 5.91 Å². The van der Waals surface area contributed by atoms with Crippen LogP contribution in [0.5, 0.6) is 0 Å². The minimum Gasteiger partial charge on any atom is -0.338 e. The number of hydrogen-bond donors (Lipinski definition) is 1. The molecule has 2 aromatic heterocycles. The van der Waals surface area contributed by atoms with Gasteiger partial charge < -0.3 is 9.88 Å². The van der Waals surface area contributed by atoms with Crippen LogP contribution in [0.2, 0.25) is 5.02 Å². The van der Waals surface area contributed by atoms with Crippen molar-refractivity contribution in [2.45, 2.75) is 24.5 Å². The molecule has 1 aromatic carbocycles. The van der Waals surface area contributed by atoms with E-state index in [1.54, 1.807) is 29.2 Å². The summed E-state index contributed by atoms with van der Waals surface area (Å²) in [6.07, 6.45) is 1.88. The first-order chi connectivity index (χ1) is 14.8. The van der Waals surface area contributed by atoms with Gasteiger partial charge >= 0.3 is 0 Å². The predicted octanol–water partition coefficient (Wildman–Crippen LogP) is 1.89. The molecule has 164 valence electrons. The minimum absolute atomic E-state index is 0.00287. The van der Waals surface area contributed by atoms with Gasteiger partial charge in [0.1, 0.15) is 5.39 Å². The van der Waals surface area contributed by atoms with E-state index in [2.05, 4.69) is 15.1 Å². The van der Waals surface area contributed by atoms with Gasteiger partial charge in [-0.15, -0.1) is 0 Å². The Bertz CT molecular complexity index is 1300. The summed E-state index contributed by atoms with van der Waals surface area (Å²) in [5.41, 5.74) is 0.657. The van der Waals surface area contributed by atoms with Crippen molar-refractivity contribution in [2.75, 3.05) is 23.8 Å². The maximum atomic E-state index is 12.7. The van der Waals surface area contributed by atoms with Crippen molar-refractivity contribution in [3.05, 3.63) is 45.8 Å². The summed E-state index contributed by atoms with van der Waals surface area (Å²) < 4.78 is 25.0. The van der Waals surface area contributed by atoms with E-state index >= 15 is 0 Å². The molecule has 0 saturated carbocycles. The van der Waals surface area contributed by atoms with Crippen LogP contribution in [-0.2, 0) is 14.6 Å². The lowest BCUT2D eigenvalue weighted by molar-refractivity contribution is -0.129. The highest BCUT2D eigenvalue weighted by atomic mass is 35.5. The molecule has 1 N–H and O–H groups in total. The van der Waals surface area contributed by atoms with Crippen molar-refractivity contribution in [1.29, 1.82) is 0 Å². The van der Waals surface area contributed by atoms with Crippen LogP contribution in [0.15, 0.2) is 40.4 Å². The number of thioether (sulfide) groups is 1. The Labute approximate surface area is 187 Å². The monoisotopic (exact) mass is 481 g/mol. The number of sulfone groups is 1. The fourth-order valence-corrected chi connectivity index (χ4v) is 6.29. The van der Waals surface area contributed by atoms with Crippen molar-refractivity contribution in [3.63, 3.8) is 0 Å². The number of aromatic amines is 1. The first-order valence-electron chi connectivity index (χ1n) is 9.64. The Balaban J connectivity index is 1.55. The predicted molar refractivity (Wildman–Crippen MR) is 120 cm³/mol. The number of nitrogens with one attached hydrogen (secondary N) is 1. The number of benzene rings is 1. The molecule has 3 heterocycles. The zero-order valence-corrected chi connectivity index (χ0v) is 19.0. The van der Waals surface area contributed by atoms with Gasteiger partial charge in [-0.1, -0.05) is 29.4 Å². The molecule has 0 radical (unpaired) electrons. The zero-order chi connectivity index (χ0) is 22.2. The number of rotatable bonds is 6. The van der Waals surface area contributed by atoms with Crippen LogP contribution < -0.4 is 5.56 Å². The lowest BCUT2D eigenvalue weighted by atomic mass is 10.2. The lowest BCUT2D eigenvalue weighted by Crippen LogP contribution is -2.42. The number of halogens is 1. The van der Waals surface area contributed by atoms with E-state index in [1.165, 1.54) is 10.9 Å². The quantitative estimate of drug-likeness (QED) is 0.422. The van der Waals surface area contributed by atoms with Gasteiger partial charge in [-0.25, -0.2) is 18.1 Å². The second kappa shape index (κ2) is 8.64. The molecule has 1 fully saturated rings. The molecule has 4 rings (SSSR count). The number of carbonyl (C=O) groups excluding carboxylic acids is 1. The molecule has 0 aliphatic carbocycles. The molecule has 1 atom stereocenters. The summed E-state index contributed by atoms with van der Waals surface area (Å²) in [6, 6.07) is 6.71. The molecule has 31 heavy (non-hydrogen) atoms. The highest BCUT2D eigenvalue weighted by Crippen LogP contribution is 2.22. The van der Waals surface area contributed by atoms with Gasteiger partial charge in [0.25, 0.3) is 5.56 Å². The average molecular weight is 482 g/mol. The number of H-pyrrole nitrogens is 1. The van der Waals surface area contributed by atoms with Gasteiger partial charge in [-0.2, -0.15) is 5.10 Å².